The molecule has 0 fully saturated rings. The number of aryl methyl sites for hydroxylation is 1. The molecule has 0 aliphatic heterocycles. The van der Waals surface area contributed by atoms with Gasteiger partial charge >= 0.3 is 0 Å². The number of nitrogens with one attached hydrogen (secondary N) is 1. The molecule has 0 saturated carbocycles. The lowest BCUT2D eigenvalue weighted by atomic mass is 10.1. The van der Waals surface area contributed by atoms with Gasteiger partial charge in [0.05, 0.1) is 17.8 Å². The van der Waals surface area contributed by atoms with Crippen LogP contribution in [0.5, 0.6) is 0 Å². The van der Waals surface area contributed by atoms with Crippen LogP contribution >= 0.6 is 0 Å². The van der Waals surface area contributed by atoms with Crippen molar-refractivity contribution in [2.75, 3.05) is 12.3 Å². The number of benzene rings is 1. The van der Waals surface area contributed by atoms with E-state index >= 15 is 0 Å². The van der Waals surface area contributed by atoms with Crippen LogP contribution in [0.15, 0.2) is 35.1 Å². The fraction of sp³-hybridized carbons (Fsp3) is 0.316. The Balaban J connectivity index is 1.95. The molecule has 0 saturated heterocycles. The Kier molecular flexibility index (Phi) is 4.79. The van der Waals surface area contributed by atoms with Gasteiger partial charge in [-0.1, -0.05) is 19.1 Å². The molecule has 7 heteroatoms. The number of nitrogen functional groups attached to an aromatic ring is 1. The first kappa shape index (κ1) is 17.7. The average molecular weight is 353 g/mol. The summed E-state index contributed by atoms with van der Waals surface area (Å²) in [5.41, 5.74) is 9.38. The van der Waals surface area contributed by atoms with Crippen LogP contribution in [-0.2, 0) is 6.54 Å². The van der Waals surface area contributed by atoms with Crippen LogP contribution in [0, 0.1) is 13.8 Å². The zero-order chi connectivity index (χ0) is 18.8. The number of amides is 1. The second kappa shape index (κ2) is 7.03. The summed E-state index contributed by atoms with van der Waals surface area (Å²) in [6.45, 7) is 6.51. The Morgan fingerprint density at radius 1 is 1.31 bits per heavy atom. The molecule has 3 aromatic rings. The maximum absolute atomic E-state index is 12.9. The number of aromatic amines is 1. The maximum Gasteiger partial charge on any atom is 0.275 e. The monoisotopic (exact) mass is 353 g/mol. The number of fused-ring (bicyclic) bond motifs is 1. The first-order valence-corrected chi connectivity index (χ1v) is 8.64. The van der Waals surface area contributed by atoms with Gasteiger partial charge in [0.25, 0.3) is 11.5 Å². The third-order valence-corrected chi connectivity index (χ3v) is 4.47. The number of anilines is 1. The van der Waals surface area contributed by atoms with E-state index in [9.17, 15) is 9.59 Å². The van der Waals surface area contributed by atoms with Gasteiger partial charge < -0.3 is 10.6 Å². The van der Waals surface area contributed by atoms with Gasteiger partial charge in [0.1, 0.15) is 0 Å². The Bertz CT molecular complexity index is 1020. The van der Waals surface area contributed by atoms with E-state index in [1.165, 1.54) is 4.52 Å². The molecule has 136 valence electrons. The molecule has 0 bridgehead atoms. The smallest absolute Gasteiger partial charge is 0.275 e. The molecule has 7 nitrogen and oxygen atoms in total. The normalized spacial score (nSPS) is 11.0. The van der Waals surface area contributed by atoms with E-state index in [4.69, 9.17) is 5.73 Å². The first-order valence-electron chi connectivity index (χ1n) is 8.64. The lowest BCUT2D eigenvalue weighted by Crippen LogP contribution is -2.32. The van der Waals surface area contributed by atoms with Crippen molar-refractivity contribution in [1.29, 1.82) is 0 Å². The lowest BCUT2D eigenvalue weighted by Gasteiger charge is -2.22. The van der Waals surface area contributed by atoms with Gasteiger partial charge in [-0.05, 0) is 32.4 Å². The van der Waals surface area contributed by atoms with Crippen molar-refractivity contribution < 1.29 is 4.79 Å². The highest BCUT2D eigenvalue weighted by Gasteiger charge is 2.19. The predicted molar refractivity (Wildman–Crippen MR) is 101 cm³/mol. The summed E-state index contributed by atoms with van der Waals surface area (Å²) < 4.78 is 1.42. The quantitative estimate of drug-likeness (QED) is 0.688. The van der Waals surface area contributed by atoms with Crippen molar-refractivity contribution in [1.82, 2.24) is 19.5 Å². The number of H-pyrrole nitrogens is 1. The molecule has 0 aliphatic carbocycles. The summed E-state index contributed by atoms with van der Waals surface area (Å²) in [4.78, 5) is 31.4. The molecule has 0 unspecified atom stereocenters. The number of nitrogens with zero attached hydrogens (tertiary/aromatic N) is 3. The number of hydrogen-bond donors (Lipinski definition) is 2. The molecule has 0 aliphatic rings. The number of para-hydroxylation sites is 1. The highest BCUT2D eigenvalue weighted by molar-refractivity contribution is 5.99. The summed E-state index contributed by atoms with van der Waals surface area (Å²) in [7, 11) is 0. The number of aromatic nitrogens is 3. The third-order valence-electron chi connectivity index (χ3n) is 4.47. The van der Waals surface area contributed by atoms with Crippen molar-refractivity contribution in [2.24, 2.45) is 0 Å². The Hall–Kier alpha value is -3.09. The number of carbonyl (C=O) groups is 1. The zero-order valence-electron chi connectivity index (χ0n) is 15.2. The SMILES string of the molecule is CCCN(Cc1cc2nc(C)c(C)c(=O)n2[nH]1)C(=O)c1ccccc1N. The van der Waals surface area contributed by atoms with Crippen LogP contribution in [0.3, 0.4) is 0 Å². The number of hydrogen-bond acceptors (Lipinski definition) is 4. The highest BCUT2D eigenvalue weighted by Crippen LogP contribution is 2.16. The molecule has 26 heavy (non-hydrogen) atoms. The summed E-state index contributed by atoms with van der Waals surface area (Å²) in [5, 5.41) is 3.06. The van der Waals surface area contributed by atoms with Crippen LogP contribution in [0.1, 0.15) is 40.7 Å². The topological polar surface area (TPSA) is 96.5 Å². The van der Waals surface area contributed by atoms with Crippen LogP contribution in [0.2, 0.25) is 0 Å². The molecule has 3 rings (SSSR count). The molecule has 0 radical (unpaired) electrons. The summed E-state index contributed by atoms with van der Waals surface area (Å²) >= 11 is 0. The first-order chi connectivity index (χ1) is 12.4. The molecule has 2 aromatic heterocycles. The molecule has 1 amide bonds. The standard InChI is InChI=1S/C19H23N5O2/c1-4-9-23(19(26)15-7-5-6-8-16(15)20)11-14-10-17-21-13(3)12(2)18(25)24(17)22-14/h5-8,10,22H,4,9,11,20H2,1-3H3. The largest absolute Gasteiger partial charge is 0.398 e. The van der Waals surface area contributed by atoms with Crippen LogP contribution in [0.4, 0.5) is 5.69 Å². The van der Waals surface area contributed by atoms with Gasteiger partial charge in [0.15, 0.2) is 5.65 Å². The fourth-order valence-electron chi connectivity index (χ4n) is 2.94. The van der Waals surface area contributed by atoms with E-state index in [1.807, 2.05) is 13.8 Å². The van der Waals surface area contributed by atoms with Crippen molar-refractivity contribution in [2.45, 2.75) is 33.7 Å². The molecule has 0 spiro atoms. The van der Waals surface area contributed by atoms with E-state index in [0.717, 1.165) is 12.1 Å². The van der Waals surface area contributed by atoms with E-state index in [1.54, 1.807) is 42.2 Å². The Labute approximate surface area is 151 Å². The second-order valence-corrected chi connectivity index (χ2v) is 6.42. The Morgan fingerprint density at radius 3 is 2.73 bits per heavy atom. The van der Waals surface area contributed by atoms with Gasteiger partial charge in [-0.3, -0.25) is 14.7 Å². The van der Waals surface area contributed by atoms with Gasteiger partial charge in [-0.25, -0.2) is 9.50 Å². The van der Waals surface area contributed by atoms with Gasteiger partial charge in [0, 0.05) is 29.6 Å². The maximum atomic E-state index is 12.9. The van der Waals surface area contributed by atoms with Gasteiger partial charge in [-0.2, -0.15) is 0 Å². The molecular weight excluding hydrogens is 330 g/mol. The van der Waals surface area contributed by atoms with Gasteiger partial charge in [0.2, 0.25) is 0 Å². The fourth-order valence-corrected chi connectivity index (χ4v) is 2.94. The molecule has 3 N–H and O–H groups in total. The molecule has 1 aromatic carbocycles. The van der Waals surface area contributed by atoms with Crippen molar-refractivity contribution in [3.05, 3.63) is 63.2 Å². The zero-order valence-corrected chi connectivity index (χ0v) is 15.2. The van der Waals surface area contributed by atoms with E-state index < -0.39 is 0 Å². The Morgan fingerprint density at radius 2 is 2.04 bits per heavy atom. The van der Waals surface area contributed by atoms with Crippen molar-refractivity contribution in [3.63, 3.8) is 0 Å². The minimum atomic E-state index is -0.128. The van der Waals surface area contributed by atoms with Crippen molar-refractivity contribution >= 4 is 17.2 Å². The number of carbonyl (C=O) groups excluding carboxylic acids is 1. The summed E-state index contributed by atoms with van der Waals surface area (Å²) in [5.74, 6) is -0.128. The predicted octanol–water partition coefficient (Wildman–Crippen LogP) is 2.27. The summed E-state index contributed by atoms with van der Waals surface area (Å²) in [6, 6.07) is 8.85. The van der Waals surface area contributed by atoms with E-state index in [-0.39, 0.29) is 11.5 Å². The highest BCUT2D eigenvalue weighted by atomic mass is 16.2. The van der Waals surface area contributed by atoms with E-state index in [0.29, 0.717) is 41.2 Å². The van der Waals surface area contributed by atoms with Crippen LogP contribution < -0.4 is 11.3 Å². The number of nitrogens with two attached hydrogens (primary N) is 1. The van der Waals surface area contributed by atoms with Crippen molar-refractivity contribution in [3.8, 4) is 0 Å². The number of rotatable bonds is 5. The molecule has 0 atom stereocenters. The van der Waals surface area contributed by atoms with Crippen LogP contribution in [0.25, 0.3) is 5.65 Å². The van der Waals surface area contributed by atoms with Gasteiger partial charge in [-0.15, -0.1) is 0 Å². The van der Waals surface area contributed by atoms with Crippen LogP contribution in [-0.4, -0.2) is 31.9 Å². The summed E-state index contributed by atoms with van der Waals surface area (Å²) in [6.07, 6.45) is 0.815. The second-order valence-electron chi connectivity index (χ2n) is 6.42. The minimum absolute atomic E-state index is 0.126. The van der Waals surface area contributed by atoms with E-state index in [2.05, 4.69) is 10.1 Å². The molecular formula is C19H23N5O2. The molecule has 2 heterocycles. The minimum Gasteiger partial charge on any atom is -0.398 e. The average Bonchev–Trinajstić information content (AvgIpc) is 3.02. The lowest BCUT2D eigenvalue weighted by molar-refractivity contribution is 0.0742. The third kappa shape index (κ3) is 3.20.